The van der Waals surface area contributed by atoms with Crippen LogP contribution in [-0.2, 0) is 4.74 Å². The number of hydrogen-bond donors (Lipinski definition) is 1. The van der Waals surface area contributed by atoms with E-state index >= 15 is 0 Å². The van der Waals surface area contributed by atoms with E-state index < -0.39 is 0 Å². The minimum absolute atomic E-state index is 0.319. The minimum atomic E-state index is -0.319. The van der Waals surface area contributed by atoms with Crippen LogP contribution in [0.15, 0.2) is 47.4 Å². The van der Waals surface area contributed by atoms with Gasteiger partial charge in [-0.3, -0.25) is 4.72 Å². The molecule has 38 heavy (non-hydrogen) atoms. The summed E-state index contributed by atoms with van der Waals surface area (Å²) in [7, 11) is 0. The first-order valence-corrected chi connectivity index (χ1v) is 16.3. The lowest BCUT2D eigenvalue weighted by atomic mass is 9.42. The number of carbonyl (C=O) groups excluding carboxylic acids is 1. The SMILES string of the molecule is CC[C@H]1CC2C3CCC(CCOC(=O)NSc4cccc5ccccc45)C3(C)CC[C@@H]2C2(C)CCCCC12. The van der Waals surface area contributed by atoms with E-state index in [1.54, 1.807) is 0 Å². The molecule has 6 unspecified atom stereocenters. The van der Waals surface area contributed by atoms with Crippen molar-refractivity contribution in [2.45, 2.75) is 96.3 Å². The predicted molar refractivity (Wildman–Crippen MR) is 158 cm³/mol. The molecule has 0 heterocycles. The van der Waals surface area contributed by atoms with Gasteiger partial charge in [0.15, 0.2) is 0 Å². The van der Waals surface area contributed by atoms with E-state index in [1.807, 2.05) is 24.3 Å². The molecule has 3 nitrogen and oxygen atoms in total. The van der Waals surface area contributed by atoms with Crippen LogP contribution in [0.25, 0.3) is 10.8 Å². The molecule has 6 rings (SSSR count). The Morgan fingerprint density at radius 1 is 0.947 bits per heavy atom. The zero-order valence-electron chi connectivity index (χ0n) is 23.7. The van der Waals surface area contributed by atoms with E-state index in [9.17, 15) is 4.79 Å². The van der Waals surface area contributed by atoms with Crippen LogP contribution in [0.5, 0.6) is 0 Å². The first kappa shape index (κ1) is 26.5. The van der Waals surface area contributed by atoms with Gasteiger partial charge in [-0.2, -0.15) is 0 Å². The van der Waals surface area contributed by atoms with Gasteiger partial charge in [-0.1, -0.05) is 76.4 Å². The molecular weight excluding hydrogens is 486 g/mol. The number of hydrogen-bond acceptors (Lipinski definition) is 3. The number of benzene rings is 2. The van der Waals surface area contributed by atoms with Gasteiger partial charge in [0, 0.05) is 4.90 Å². The lowest BCUT2D eigenvalue weighted by Gasteiger charge is -2.62. The Morgan fingerprint density at radius 3 is 2.63 bits per heavy atom. The highest BCUT2D eigenvalue weighted by molar-refractivity contribution is 7.98. The average Bonchev–Trinajstić information content (AvgIpc) is 3.27. The fourth-order valence-electron chi connectivity index (χ4n) is 10.3. The van der Waals surface area contributed by atoms with Crippen molar-refractivity contribution in [3.8, 4) is 0 Å². The fraction of sp³-hybridized carbons (Fsp3) is 0.676. The van der Waals surface area contributed by atoms with Crippen molar-refractivity contribution >= 4 is 28.8 Å². The summed E-state index contributed by atoms with van der Waals surface area (Å²) in [5, 5.41) is 2.34. The topological polar surface area (TPSA) is 38.3 Å². The van der Waals surface area contributed by atoms with E-state index in [0.29, 0.717) is 23.4 Å². The molecule has 0 spiro atoms. The normalized spacial score (nSPS) is 38.2. The van der Waals surface area contributed by atoms with Gasteiger partial charge in [-0.25, -0.2) is 4.79 Å². The number of carbonyl (C=O) groups is 1. The smallest absolute Gasteiger partial charge is 0.417 e. The number of fused-ring (bicyclic) bond motifs is 6. The lowest BCUT2D eigenvalue weighted by Crippen LogP contribution is -2.55. The van der Waals surface area contributed by atoms with Crippen molar-refractivity contribution in [3.05, 3.63) is 42.5 Å². The van der Waals surface area contributed by atoms with Crippen LogP contribution in [0.2, 0.25) is 0 Å². The Morgan fingerprint density at radius 2 is 1.76 bits per heavy atom. The van der Waals surface area contributed by atoms with Crippen LogP contribution >= 0.6 is 11.9 Å². The van der Waals surface area contributed by atoms with Crippen molar-refractivity contribution in [2.24, 2.45) is 46.3 Å². The Bertz CT molecular complexity index is 1150. The van der Waals surface area contributed by atoms with Crippen LogP contribution in [0.1, 0.15) is 91.4 Å². The summed E-state index contributed by atoms with van der Waals surface area (Å²) in [6.07, 6.45) is 14.9. The zero-order chi connectivity index (χ0) is 26.3. The number of amides is 1. The average molecular weight is 534 g/mol. The first-order valence-electron chi connectivity index (χ1n) is 15.5. The Hall–Kier alpha value is -1.68. The van der Waals surface area contributed by atoms with Gasteiger partial charge in [0.05, 0.1) is 6.61 Å². The molecule has 4 aliphatic carbocycles. The maximum Gasteiger partial charge on any atom is 0.417 e. The molecule has 206 valence electrons. The second-order valence-corrected chi connectivity index (χ2v) is 14.4. The largest absolute Gasteiger partial charge is 0.449 e. The molecule has 1 N–H and O–H groups in total. The third-order valence-electron chi connectivity index (χ3n) is 12.2. The van der Waals surface area contributed by atoms with E-state index in [-0.39, 0.29) is 6.09 Å². The summed E-state index contributed by atoms with van der Waals surface area (Å²) in [6.45, 7) is 8.30. The van der Waals surface area contributed by atoms with Crippen LogP contribution in [0.3, 0.4) is 0 Å². The van der Waals surface area contributed by atoms with Crippen LogP contribution in [0.4, 0.5) is 4.79 Å². The molecule has 0 radical (unpaired) electrons. The third-order valence-corrected chi connectivity index (χ3v) is 13.0. The number of nitrogens with one attached hydrogen (secondary N) is 1. The summed E-state index contributed by atoms with van der Waals surface area (Å²) in [5.41, 5.74) is 1.01. The molecule has 4 aliphatic rings. The minimum Gasteiger partial charge on any atom is -0.449 e. The Balaban J connectivity index is 1.05. The maximum atomic E-state index is 12.6. The highest BCUT2D eigenvalue weighted by atomic mass is 32.2. The Kier molecular flexibility index (Phi) is 7.48. The van der Waals surface area contributed by atoms with Gasteiger partial charge >= 0.3 is 6.09 Å². The van der Waals surface area contributed by atoms with E-state index in [1.165, 1.54) is 81.5 Å². The van der Waals surface area contributed by atoms with Gasteiger partial charge in [-0.05, 0) is 126 Å². The number of ether oxygens (including phenoxy) is 1. The van der Waals surface area contributed by atoms with Crippen molar-refractivity contribution < 1.29 is 9.53 Å². The Labute approximate surface area is 234 Å². The molecule has 4 heteroatoms. The lowest BCUT2D eigenvalue weighted by molar-refractivity contribution is -0.136. The first-order chi connectivity index (χ1) is 18.4. The number of rotatable bonds is 6. The summed E-state index contributed by atoms with van der Waals surface area (Å²) >= 11 is 1.36. The van der Waals surface area contributed by atoms with Gasteiger partial charge in [0.25, 0.3) is 0 Å². The molecule has 2 aromatic rings. The molecule has 2 aromatic carbocycles. The second kappa shape index (κ2) is 10.7. The van der Waals surface area contributed by atoms with Gasteiger partial charge in [0.1, 0.15) is 0 Å². The molecule has 4 saturated carbocycles. The molecular formula is C34H47NO2S. The fourth-order valence-corrected chi connectivity index (χ4v) is 11.0. The van der Waals surface area contributed by atoms with E-state index in [2.05, 4.69) is 43.7 Å². The molecule has 0 aromatic heterocycles. The van der Waals surface area contributed by atoms with Crippen molar-refractivity contribution in [2.75, 3.05) is 6.61 Å². The standard InChI is InChI=1S/C34H47NO2S/c1-4-23-22-27-29-16-15-25(33(29,2)20-17-30(27)34(3)19-8-7-13-28(23)34)18-21-37-32(36)35-38-31-14-9-11-24-10-5-6-12-26(24)31/h5-6,9-12,14,23,25,27-30H,4,7-8,13,15-22H2,1-3H3,(H,35,36)/t23-,25?,27?,28?,29?,30-,33?,34?/m0/s1. The van der Waals surface area contributed by atoms with Gasteiger partial charge in [-0.15, -0.1) is 0 Å². The molecule has 1 amide bonds. The zero-order valence-corrected chi connectivity index (χ0v) is 24.5. The summed E-state index contributed by atoms with van der Waals surface area (Å²) in [5.74, 6) is 5.33. The highest BCUT2D eigenvalue weighted by Gasteiger charge is 2.61. The predicted octanol–water partition coefficient (Wildman–Crippen LogP) is 9.65. The molecule has 0 saturated heterocycles. The van der Waals surface area contributed by atoms with Crippen LogP contribution in [0, 0.1) is 46.3 Å². The third kappa shape index (κ3) is 4.57. The molecule has 0 bridgehead atoms. The van der Waals surface area contributed by atoms with Crippen molar-refractivity contribution in [3.63, 3.8) is 0 Å². The van der Waals surface area contributed by atoms with Gasteiger partial charge < -0.3 is 4.74 Å². The molecule has 4 fully saturated rings. The highest BCUT2D eigenvalue weighted by Crippen LogP contribution is 2.69. The van der Waals surface area contributed by atoms with Crippen molar-refractivity contribution in [1.82, 2.24) is 4.72 Å². The van der Waals surface area contributed by atoms with E-state index in [4.69, 9.17) is 4.74 Å². The van der Waals surface area contributed by atoms with Gasteiger partial charge in [0.2, 0.25) is 0 Å². The molecule has 0 aliphatic heterocycles. The maximum absolute atomic E-state index is 12.6. The summed E-state index contributed by atoms with van der Waals surface area (Å²) < 4.78 is 8.64. The quantitative estimate of drug-likeness (QED) is 0.376. The second-order valence-electron chi connectivity index (χ2n) is 13.6. The summed E-state index contributed by atoms with van der Waals surface area (Å²) in [6, 6.07) is 14.5. The molecule has 8 atom stereocenters. The monoisotopic (exact) mass is 533 g/mol. The van der Waals surface area contributed by atoms with Crippen LogP contribution in [-0.4, -0.2) is 12.7 Å². The summed E-state index contributed by atoms with van der Waals surface area (Å²) in [4.78, 5) is 13.6. The van der Waals surface area contributed by atoms with Crippen LogP contribution < -0.4 is 4.72 Å². The van der Waals surface area contributed by atoms with E-state index in [0.717, 1.165) is 46.3 Å². The van der Waals surface area contributed by atoms with Crippen molar-refractivity contribution in [1.29, 1.82) is 0 Å².